The lowest BCUT2D eigenvalue weighted by Crippen LogP contribution is -2.49. The smallest absolute Gasteiger partial charge is 0.326 e. The van der Waals surface area contributed by atoms with E-state index in [1.807, 2.05) is 0 Å². The normalized spacial score (nSPS) is 20.5. The van der Waals surface area contributed by atoms with E-state index in [1.165, 1.54) is 11.2 Å². The summed E-state index contributed by atoms with van der Waals surface area (Å²) < 4.78 is 0. The molecule has 142 valence electrons. The number of H-pyrrole nitrogens is 1. The van der Waals surface area contributed by atoms with E-state index in [4.69, 9.17) is 10.8 Å². The van der Waals surface area contributed by atoms with Crippen molar-refractivity contribution in [3.63, 3.8) is 0 Å². The maximum Gasteiger partial charge on any atom is 0.326 e. The van der Waals surface area contributed by atoms with Gasteiger partial charge < -0.3 is 31.4 Å². The number of rotatable bonds is 4. The van der Waals surface area contributed by atoms with Crippen molar-refractivity contribution in [2.24, 2.45) is 5.73 Å². The second-order valence-corrected chi connectivity index (χ2v) is 5.91. The quantitative estimate of drug-likeness (QED) is 0.369. The zero-order valence-corrected chi connectivity index (χ0v) is 14.1. The number of aliphatic carboxylic acids is 1. The van der Waals surface area contributed by atoms with Crippen molar-refractivity contribution in [1.29, 1.82) is 0 Å². The van der Waals surface area contributed by atoms with Crippen LogP contribution in [0.15, 0.2) is 12.5 Å². The van der Waals surface area contributed by atoms with Crippen LogP contribution in [0.4, 0.5) is 0 Å². The van der Waals surface area contributed by atoms with Crippen LogP contribution in [0.5, 0.6) is 0 Å². The Morgan fingerprint density at radius 2 is 1.96 bits per heavy atom. The lowest BCUT2D eigenvalue weighted by molar-refractivity contribution is -0.148. The molecule has 11 nitrogen and oxygen atoms in total. The molecule has 2 aliphatic rings. The van der Waals surface area contributed by atoms with Crippen molar-refractivity contribution in [3.8, 4) is 0 Å². The molecule has 1 aromatic rings. The molecular weight excluding hydrogens is 344 g/mol. The van der Waals surface area contributed by atoms with E-state index in [9.17, 15) is 19.2 Å². The predicted octanol–water partition coefficient (Wildman–Crippen LogP) is -2.41. The van der Waals surface area contributed by atoms with Crippen molar-refractivity contribution in [1.82, 2.24) is 25.5 Å². The van der Waals surface area contributed by atoms with E-state index in [0.717, 1.165) is 0 Å². The molecule has 2 aliphatic heterocycles. The highest BCUT2D eigenvalue weighted by Gasteiger charge is 2.36. The second kappa shape index (κ2) is 8.94. The molecule has 0 bridgehead atoms. The van der Waals surface area contributed by atoms with Crippen LogP contribution in [-0.4, -0.2) is 75.4 Å². The molecule has 2 fully saturated rings. The van der Waals surface area contributed by atoms with Crippen LogP contribution < -0.4 is 16.4 Å². The molecule has 0 aromatic carbocycles. The Balaban J connectivity index is 0.000000254. The van der Waals surface area contributed by atoms with Crippen LogP contribution in [0.3, 0.4) is 0 Å². The highest BCUT2D eigenvalue weighted by atomic mass is 16.4. The van der Waals surface area contributed by atoms with Gasteiger partial charge in [-0.2, -0.15) is 0 Å². The molecule has 3 amide bonds. The summed E-state index contributed by atoms with van der Waals surface area (Å²) in [6.07, 6.45) is 4.70. The number of aromatic nitrogens is 2. The minimum atomic E-state index is -0.965. The van der Waals surface area contributed by atoms with E-state index < -0.39 is 29.9 Å². The van der Waals surface area contributed by atoms with Gasteiger partial charge in [-0.25, -0.2) is 9.78 Å². The van der Waals surface area contributed by atoms with Crippen LogP contribution in [0.1, 0.15) is 18.5 Å². The molecule has 1 aromatic heterocycles. The maximum atomic E-state index is 12.1. The fourth-order valence-corrected chi connectivity index (χ4v) is 2.73. The number of carboxylic acid groups (broad SMARTS) is 1. The third kappa shape index (κ3) is 5.02. The molecule has 11 heteroatoms. The molecule has 0 unspecified atom stereocenters. The third-order valence-corrected chi connectivity index (χ3v) is 4.02. The number of piperazine rings is 1. The van der Waals surface area contributed by atoms with Gasteiger partial charge in [-0.15, -0.1) is 0 Å². The number of carboxylic acids is 1. The average Bonchev–Trinajstić information content (AvgIpc) is 3.29. The van der Waals surface area contributed by atoms with Crippen LogP contribution in [0, 0.1) is 0 Å². The first-order valence-corrected chi connectivity index (χ1v) is 8.22. The first-order valence-electron chi connectivity index (χ1n) is 8.22. The minimum absolute atomic E-state index is 0.311. The number of likely N-dealkylation sites (tertiary alicyclic amines) is 1. The van der Waals surface area contributed by atoms with Gasteiger partial charge in [-0.05, 0) is 12.8 Å². The number of nitrogens with one attached hydrogen (secondary N) is 3. The number of carbonyl (C=O) groups is 4. The topological polar surface area (TPSA) is 171 Å². The summed E-state index contributed by atoms with van der Waals surface area (Å²) >= 11 is 0. The van der Waals surface area contributed by atoms with Gasteiger partial charge in [0.05, 0.1) is 18.1 Å². The summed E-state index contributed by atoms with van der Waals surface area (Å²) in [5.74, 6) is -2.34. The Morgan fingerprint density at radius 1 is 1.31 bits per heavy atom. The zero-order chi connectivity index (χ0) is 19.1. The number of hydrogen-bond donors (Lipinski definition) is 5. The summed E-state index contributed by atoms with van der Waals surface area (Å²) in [7, 11) is 0. The van der Waals surface area contributed by atoms with Gasteiger partial charge in [0.15, 0.2) is 0 Å². The number of nitrogens with two attached hydrogens (primary N) is 1. The van der Waals surface area contributed by atoms with Crippen LogP contribution >= 0.6 is 0 Å². The molecule has 2 saturated heterocycles. The van der Waals surface area contributed by atoms with E-state index in [2.05, 4.69) is 20.6 Å². The number of imidazole rings is 1. The van der Waals surface area contributed by atoms with Gasteiger partial charge in [-0.3, -0.25) is 14.4 Å². The lowest BCUT2D eigenvalue weighted by atomic mass is 10.1. The average molecular weight is 366 g/mol. The monoisotopic (exact) mass is 366 g/mol. The molecule has 0 aliphatic carbocycles. The van der Waals surface area contributed by atoms with Crippen molar-refractivity contribution in [2.75, 3.05) is 19.6 Å². The highest BCUT2D eigenvalue weighted by Crippen LogP contribution is 2.18. The molecule has 6 N–H and O–H groups in total. The molecule has 0 spiro atoms. The first-order chi connectivity index (χ1) is 12.4. The molecule has 3 heterocycles. The fraction of sp³-hybridized carbons (Fsp3) is 0.533. The number of hydrogen-bond acceptors (Lipinski definition) is 6. The summed E-state index contributed by atoms with van der Waals surface area (Å²) in [6.45, 7) is 1.55. The van der Waals surface area contributed by atoms with Crippen LogP contribution in [0.2, 0.25) is 0 Å². The summed E-state index contributed by atoms with van der Waals surface area (Å²) in [4.78, 5) is 51.8. The first kappa shape index (κ1) is 19.4. The van der Waals surface area contributed by atoms with Crippen molar-refractivity contribution >= 4 is 23.7 Å². The zero-order valence-electron chi connectivity index (χ0n) is 14.1. The predicted molar refractivity (Wildman–Crippen MR) is 88.7 cm³/mol. The van der Waals surface area contributed by atoms with E-state index >= 15 is 0 Å². The molecule has 0 saturated carbocycles. The molecular formula is C15H22N6O5. The van der Waals surface area contributed by atoms with Gasteiger partial charge in [0.1, 0.15) is 6.04 Å². The Hall–Kier alpha value is -2.95. The highest BCUT2D eigenvalue weighted by molar-refractivity contribution is 6.35. The van der Waals surface area contributed by atoms with Crippen molar-refractivity contribution < 1.29 is 24.3 Å². The van der Waals surface area contributed by atoms with Crippen molar-refractivity contribution in [2.45, 2.75) is 31.3 Å². The minimum Gasteiger partial charge on any atom is -0.480 e. The number of amides is 3. The van der Waals surface area contributed by atoms with Gasteiger partial charge in [0.2, 0.25) is 5.91 Å². The van der Waals surface area contributed by atoms with Crippen LogP contribution in [0.25, 0.3) is 0 Å². The van der Waals surface area contributed by atoms with E-state index in [1.54, 1.807) is 6.20 Å². The third-order valence-electron chi connectivity index (χ3n) is 4.02. The van der Waals surface area contributed by atoms with Gasteiger partial charge in [0, 0.05) is 32.3 Å². The Morgan fingerprint density at radius 3 is 2.46 bits per heavy atom. The largest absolute Gasteiger partial charge is 0.480 e. The van der Waals surface area contributed by atoms with Gasteiger partial charge >= 0.3 is 17.8 Å². The summed E-state index contributed by atoms with van der Waals surface area (Å²) in [5.41, 5.74) is 6.51. The van der Waals surface area contributed by atoms with Crippen LogP contribution in [-0.2, 0) is 25.6 Å². The number of carbonyl (C=O) groups excluding carboxylic acids is 3. The Labute approximate surface area is 149 Å². The summed E-state index contributed by atoms with van der Waals surface area (Å²) in [5, 5.41) is 13.8. The maximum absolute atomic E-state index is 12.1. The SMILES string of the molecule is N[C@@H](Cc1c[nH]cn1)C(=O)N1CCC[C@H]1C(=O)O.O=C1NCCNC1=O. The molecule has 26 heavy (non-hydrogen) atoms. The van der Waals surface area contributed by atoms with E-state index in [-0.39, 0.29) is 5.91 Å². The van der Waals surface area contributed by atoms with Crippen molar-refractivity contribution in [3.05, 3.63) is 18.2 Å². The molecule has 3 rings (SSSR count). The molecule has 2 atom stereocenters. The summed E-state index contributed by atoms with van der Waals surface area (Å²) in [6, 6.07) is -1.48. The standard InChI is InChI=1S/C11H16N4O3.C4H6N2O2/c12-8(4-7-5-13-6-14-7)10(16)15-3-1-2-9(15)11(17)18;7-3-4(8)6-2-1-5-3/h5-6,8-9H,1-4,12H2,(H,13,14)(H,17,18);1-2H2,(H,5,7)(H,6,8)/t8-,9-;/m0./s1. The Bertz CT molecular complexity index is 645. The number of aromatic amines is 1. The van der Waals surface area contributed by atoms with E-state index in [0.29, 0.717) is 44.6 Å². The number of nitrogens with zero attached hydrogens (tertiary/aromatic N) is 2. The second-order valence-electron chi connectivity index (χ2n) is 5.91. The van der Waals surface area contributed by atoms with Gasteiger partial charge in [0.25, 0.3) is 0 Å². The Kier molecular flexibility index (Phi) is 6.67. The lowest BCUT2D eigenvalue weighted by Gasteiger charge is -2.24. The fourth-order valence-electron chi connectivity index (χ4n) is 2.73. The van der Waals surface area contributed by atoms with Gasteiger partial charge in [-0.1, -0.05) is 0 Å². The molecule has 0 radical (unpaired) electrons.